The van der Waals surface area contributed by atoms with Crippen LogP contribution in [-0.2, 0) is 28.6 Å². The number of ether oxygens (including phenoxy) is 3. The third kappa shape index (κ3) is 64.0. The van der Waals surface area contributed by atoms with Gasteiger partial charge in [0.15, 0.2) is 6.10 Å². The van der Waals surface area contributed by atoms with Crippen LogP contribution in [0.3, 0.4) is 0 Å². The van der Waals surface area contributed by atoms with Crippen LogP contribution in [0.1, 0.15) is 278 Å². The molecule has 0 aromatic carbocycles. The molecule has 0 radical (unpaired) electrons. The van der Waals surface area contributed by atoms with Gasteiger partial charge in [0, 0.05) is 19.3 Å². The molecule has 0 aromatic rings. The zero-order chi connectivity index (χ0) is 57.1. The molecule has 0 saturated heterocycles. The van der Waals surface area contributed by atoms with Gasteiger partial charge in [-0.3, -0.25) is 14.4 Å². The Bertz CT molecular complexity index is 1730. The van der Waals surface area contributed by atoms with Gasteiger partial charge >= 0.3 is 17.9 Å². The molecule has 0 heterocycles. The predicted molar refractivity (Wildman–Crippen MR) is 343 cm³/mol. The number of carbonyl (C=O) groups is 3. The van der Waals surface area contributed by atoms with E-state index in [0.717, 1.165) is 161 Å². The molecule has 1 unspecified atom stereocenters. The molecule has 0 aromatic heterocycles. The second kappa shape index (κ2) is 65.8. The fraction of sp³-hybridized carbons (Fsp3) is 0.630. The Morgan fingerprint density at radius 3 is 0.785 bits per heavy atom. The first-order chi connectivity index (χ1) is 39.0. The smallest absolute Gasteiger partial charge is 0.306 e. The van der Waals surface area contributed by atoms with Crippen molar-refractivity contribution in [3.8, 4) is 0 Å². The summed E-state index contributed by atoms with van der Waals surface area (Å²) in [7, 11) is 0. The Hall–Kier alpha value is -4.71. The molecule has 0 aliphatic rings. The summed E-state index contributed by atoms with van der Waals surface area (Å²) in [6.45, 7) is 6.35. The van der Waals surface area contributed by atoms with Crippen LogP contribution < -0.4 is 0 Å². The Morgan fingerprint density at radius 1 is 0.266 bits per heavy atom. The Labute approximate surface area is 487 Å². The van der Waals surface area contributed by atoms with Crippen LogP contribution in [0.15, 0.2) is 146 Å². The highest BCUT2D eigenvalue weighted by Gasteiger charge is 2.19. The maximum atomic E-state index is 12.9. The maximum absolute atomic E-state index is 12.9. The number of esters is 3. The highest BCUT2D eigenvalue weighted by molar-refractivity contribution is 5.71. The lowest BCUT2D eigenvalue weighted by Gasteiger charge is -2.18. The van der Waals surface area contributed by atoms with Crippen molar-refractivity contribution in [2.75, 3.05) is 13.2 Å². The van der Waals surface area contributed by atoms with Crippen molar-refractivity contribution in [2.24, 2.45) is 0 Å². The minimum Gasteiger partial charge on any atom is -0.462 e. The first-order valence-electron chi connectivity index (χ1n) is 32.3. The molecule has 0 spiro atoms. The van der Waals surface area contributed by atoms with Gasteiger partial charge in [0.2, 0.25) is 0 Å². The monoisotopic (exact) mass is 1090 g/mol. The molecule has 0 aliphatic carbocycles. The summed E-state index contributed by atoms with van der Waals surface area (Å²) in [6, 6.07) is 0. The molecule has 446 valence electrons. The summed E-state index contributed by atoms with van der Waals surface area (Å²) < 4.78 is 16.9. The van der Waals surface area contributed by atoms with E-state index in [-0.39, 0.29) is 31.1 Å². The number of carbonyl (C=O) groups excluding carboxylic acids is 3. The van der Waals surface area contributed by atoms with Crippen LogP contribution in [0.5, 0.6) is 0 Å². The molecule has 0 fully saturated rings. The van der Waals surface area contributed by atoms with Crippen molar-refractivity contribution in [1.82, 2.24) is 0 Å². The van der Waals surface area contributed by atoms with E-state index in [1.165, 1.54) is 77.0 Å². The Kier molecular flexibility index (Phi) is 61.9. The average molecular weight is 1090 g/mol. The lowest BCUT2D eigenvalue weighted by molar-refractivity contribution is -0.167. The molecule has 0 aliphatic heterocycles. The fourth-order valence-corrected chi connectivity index (χ4v) is 8.51. The zero-order valence-electron chi connectivity index (χ0n) is 51.1. The minimum absolute atomic E-state index is 0.0940. The number of hydrogen-bond donors (Lipinski definition) is 0. The molecular weight excluding hydrogens is 973 g/mol. The summed E-state index contributed by atoms with van der Waals surface area (Å²) >= 11 is 0. The number of allylic oxidation sites excluding steroid dienone is 24. The highest BCUT2D eigenvalue weighted by atomic mass is 16.6. The number of rotatable bonds is 57. The van der Waals surface area contributed by atoms with Crippen LogP contribution in [0.25, 0.3) is 0 Å². The molecule has 0 amide bonds. The standard InChI is InChI=1S/C73H118O6/c1-4-7-10-13-16-19-22-24-26-28-30-31-32-33-34-35-36-37-38-39-40-41-43-44-46-48-51-54-57-60-63-66-72(75)78-69-70(68-77-71(74)65-62-59-56-53-50-21-18-15-12-9-6-3)79-73(76)67-64-61-58-55-52-49-47-45-42-29-27-25-23-20-17-14-11-8-5-2/h7-8,10-11,15-20,24-27,30-31,33-34,36-37,39-40,42,45,70H,4-6,9,12-14,21-23,28-29,32,35,38,41,43-44,46-69H2,1-3H3/b10-7-,11-8-,18-15-,19-16-,20-17-,26-24-,27-25-,31-30-,34-33-,37-36-,40-39-,45-42-. The van der Waals surface area contributed by atoms with Crippen molar-refractivity contribution in [1.29, 1.82) is 0 Å². The van der Waals surface area contributed by atoms with Gasteiger partial charge < -0.3 is 14.2 Å². The Balaban J connectivity index is 4.30. The number of unbranched alkanes of at least 4 members (excludes halogenated alkanes) is 22. The zero-order valence-corrected chi connectivity index (χ0v) is 51.1. The van der Waals surface area contributed by atoms with Crippen molar-refractivity contribution in [2.45, 2.75) is 284 Å². The minimum atomic E-state index is -0.798. The first kappa shape index (κ1) is 74.3. The van der Waals surface area contributed by atoms with Crippen LogP contribution in [-0.4, -0.2) is 37.2 Å². The van der Waals surface area contributed by atoms with E-state index >= 15 is 0 Å². The van der Waals surface area contributed by atoms with Gasteiger partial charge in [-0.1, -0.05) is 269 Å². The summed E-state index contributed by atoms with van der Waals surface area (Å²) in [5.74, 6) is -0.924. The molecular formula is C73H118O6. The normalized spacial score (nSPS) is 13.1. The van der Waals surface area contributed by atoms with E-state index in [0.29, 0.717) is 19.3 Å². The number of hydrogen-bond acceptors (Lipinski definition) is 6. The van der Waals surface area contributed by atoms with Gasteiger partial charge in [-0.2, -0.15) is 0 Å². The SMILES string of the molecule is CC/C=C\C/C=C\C/C=C\C/C=C\C/C=C\C/C=C\C/C=C\CCCCCCCCCCCC(=O)OCC(COC(=O)CCCCCCC/C=C\CCCC)OC(=O)CCCCCCCC/C=C\C/C=C\C/C=C\C/C=C\CC. The molecule has 0 N–H and O–H groups in total. The van der Waals surface area contributed by atoms with Crippen LogP contribution in [0.2, 0.25) is 0 Å². The molecule has 0 bridgehead atoms. The van der Waals surface area contributed by atoms with E-state index in [9.17, 15) is 14.4 Å². The topological polar surface area (TPSA) is 78.9 Å². The maximum Gasteiger partial charge on any atom is 0.306 e. The lowest BCUT2D eigenvalue weighted by Crippen LogP contribution is -2.30. The third-order valence-corrected chi connectivity index (χ3v) is 13.3. The quantitative estimate of drug-likeness (QED) is 0.0261. The largest absolute Gasteiger partial charge is 0.462 e. The summed E-state index contributed by atoms with van der Waals surface area (Å²) in [5.41, 5.74) is 0. The molecule has 6 heteroatoms. The molecule has 6 nitrogen and oxygen atoms in total. The molecule has 1 atom stereocenters. The second-order valence-corrected chi connectivity index (χ2v) is 20.9. The van der Waals surface area contributed by atoms with Crippen molar-refractivity contribution >= 4 is 17.9 Å². The van der Waals surface area contributed by atoms with Crippen LogP contribution in [0, 0.1) is 0 Å². The molecule has 79 heavy (non-hydrogen) atoms. The highest BCUT2D eigenvalue weighted by Crippen LogP contribution is 2.15. The van der Waals surface area contributed by atoms with Gasteiger partial charge in [-0.05, 0) is 135 Å². The van der Waals surface area contributed by atoms with Gasteiger partial charge in [0.25, 0.3) is 0 Å². The summed E-state index contributed by atoms with van der Waals surface area (Å²) in [4.78, 5) is 38.3. The van der Waals surface area contributed by atoms with Crippen molar-refractivity contribution in [3.05, 3.63) is 146 Å². The second-order valence-electron chi connectivity index (χ2n) is 20.9. The molecule has 0 rings (SSSR count). The van der Waals surface area contributed by atoms with E-state index in [2.05, 4.69) is 167 Å². The van der Waals surface area contributed by atoms with E-state index in [1.54, 1.807) is 0 Å². The predicted octanol–water partition coefficient (Wildman–Crippen LogP) is 22.3. The lowest BCUT2D eigenvalue weighted by atomic mass is 10.1. The van der Waals surface area contributed by atoms with Gasteiger partial charge in [0.1, 0.15) is 13.2 Å². The van der Waals surface area contributed by atoms with E-state index in [4.69, 9.17) is 14.2 Å². The average Bonchev–Trinajstić information content (AvgIpc) is 3.45. The summed E-state index contributed by atoms with van der Waals surface area (Å²) in [6.07, 6.45) is 94.3. The van der Waals surface area contributed by atoms with E-state index in [1.807, 2.05) is 0 Å². The van der Waals surface area contributed by atoms with E-state index < -0.39 is 6.10 Å². The van der Waals surface area contributed by atoms with Crippen LogP contribution >= 0.6 is 0 Å². The third-order valence-electron chi connectivity index (χ3n) is 13.3. The van der Waals surface area contributed by atoms with Crippen LogP contribution in [0.4, 0.5) is 0 Å². The van der Waals surface area contributed by atoms with Gasteiger partial charge in [0.05, 0.1) is 0 Å². The molecule has 0 saturated carbocycles. The van der Waals surface area contributed by atoms with Gasteiger partial charge in [-0.25, -0.2) is 0 Å². The van der Waals surface area contributed by atoms with Crippen molar-refractivity contribution < 1.29 is 28.6 Å². The fourth-order valence-electron chi connectivity index (χ4n) is 8.51. The summed E-state index contributed by atoms with van der Waals surface area (Å²) in [5, 5.41) is 0. The van der Waals surface area contributed by atoms with Gasteiger partial charge in [-0.15, -0.1) is 0 Å². The first-order valence-corrected chi connectivity index (χ1v) is 32.3. The Morgan fingerprint density at radius 2 is 0.494 bits per heavy atom. The van der Waals surface area contributed by atoms with Crippen molar-refractivity contribution in [3.63, 3.8) is 0 Å².